The monoisotopic (exact) mass is 325 g/mol. The van der Waals surface area contributed by atoms with Gasteiger partial charge in [-0.05, 0) is 55.8 Å². The third-order valence-corrected chi connectivity index (χ3v) is 3.47. The molecule has 0 aliphatic carbocycles. The number of carbonyl (C=O) groups is 1. The van der Waals surface area contributed by atoms with Gasteiger partial charge in [0.25, 0.3) is 5.91 Å². The van der Waals surface area contributed by atoms with E-state index in [9.17, 15) is 22.4 Å². The van der Waals surface area contributed by atoms with E-state index in [-0.39, 0.29) is 5.56 Å². The number of alkyl halides is 3. The highest BCUT2D eigenvalue weighted by Gasteiger charge is 2.30. The van der Waals surface area contributed by atoms with Gasteiger partial charge in [-0.25, -0.2) is 4.39 Å². The quantitative estimate of drug-likeness (QED) is 0.827. The van der Waals surface area contributed by atoms with Gasteiger partial charge in [-0.2, -0.15) is 13.2 Å². The fourth-order valence-corrected chi connectivity index (χ4v) is 2.11. The minimum Gasteiger partial charge on any atom is -0.343 e. The summed E-state index contributed by atoms with van der Waals surface area (Å²) in [5.74, 6) is -0.897. The predicted molar refractivity (Wildman–Crippen MR) is 78.3 cm³/mol. The molecule has 0 bridgehead atoms. The second-order valence-electron chi connectivity index (χ2n) is 5.66. The molecule has 0 aromatic heterocycles. The number of hydrogen-bond acceptors (Lipinski definition) is 1. The van der Waals surface area contributed by atoms with Crippen molar-refractivity contribution in [2.45, 2.75) is 25.6 Å². The maximum Gasteiger partial charge on any atom is 0.416 e. The van der Waals surface area contributed by atoms with Crippen LogP contribution in [0.15, 0.2) is 48.5 Å². The highest BCUT2D eigenvalue weighted by atomic mass is 19.4. The van der Waals surface area contributed by atoms with Gasteiger partial charge < -0.3 is 5.32 Å². The van der Waals surface area contributed by atoms with Crippen molar-refractivity contribution in [1.29, 1.82) is 0 Å². The van der Waals surface area contributed by atoms with E-state index in [0.29, 0.717) is 5.56 Å². The molecule has 0 saturated carbocycles. The Kier molecular flexibility index (Phi) is 4.45. The molecule has 2 aromatic carbocycles. The normalized spacial score (nSPS) is 12.1. The van der Waals surface area contributed by atoms with Crippen molar-refractivity contribution in [1.82, 2.24) is 5.32 Å². The van der Waals surface area contributed by atoms with Gasteiger partial charge in [-0.1, -0.05) is 12.1 Å². The van der Waals surface area contributed by atoms with E-state index in [4.69, 9.17) is 0 Å². The summed E-state index contributed by atoms with van der Waals surface area (Å²) in [6, 6.07) is 9.62. The Morgan fingerprint density at radius 1 is 0.870 bits per heavy atom. The molecule has 0 radical (unpaired) electrons. The van der Waals surface area contributed by atoms with E-state index in [2.05, 4.69) is 5.32 Å². The average Bonchev–Trinajstić information content (AvgIpc) is 2.46. The van der Waals surface area contributed by atoms with Gasteiger partial charge in [0.1, 0.15) is 5.82 Å². The van der Waals surface area contributed by atoms with Gasteiger partial charge in [0.2, 0.25) is 0 Å². The fraction of sp³-hybridized carbons (Fsp3) is 0.235. The Morgan fingerprint density at radius 2 is 1.35 bits per heavy atom. The van der Waals surface area contributed by atoms with E-state index in [0.717, 1.165) is 24.3 Å². The van der Waals surface area contributed by atoms with Gasteiger partial charge in [0.05, 0.1) is 11.1 Å². The van der Waals surface area contributed by atoms with Crippen LogP contribution in [0.4, 0.5) is 17.6 Å². The smallest absolute Gasteiger partial charge is 0.343 e. The summed E-state index contributed by atoms with van der Waals surface area (Å²) in [6.45, 7) is 3.45. The van der Waals surface area contributed by atoms with Crippen molar-refractivity contribution in [3.8, 4) is 0 Å². The highest BCUT2D eigenvalue weighted by Crippen LogP contribution is 2.29. The molecule has 2 aromatic rings. The Bertz CT molecular complexity index is 688. The van der Waals surface area contributed by atoms with Crippen LogP contribution >= 0.6 is 0 Å². The molecule has 0 aliphatic heterocycles. The maximum absolute atomic E-state index is 13.0. The van der Waals surface area contributed by atoms with E-state index in [1.54, 1.807) is 26.0 Å². The molecule has 0 saturated heterocycles. The number of amides is 1. The van der Waals surface area contributed by atoms with Gasteiger partial charge >= 0.3 is 6.18 Å². The van der Waals surface area contributed by atoms with Crippen LogP contribution in [0.5, 0.6) is 0 Å². The Balaban J connectivity index is 2.16. The highest BCUT2D eigenvalue weighted by molar-refractivity contribution is 5.94. The van der Waals surface area contributed by atoms with Gasteiger partial charge in [-0.15, -0.1) is 0 Å². The molecule has 1 amide bonds. The molecule has 0 unspecified atom stereocenters. The molecule has 0 fully saturated rings. The first-order valence-electron chi connectivity index (χ1n) is 6.85. The number of hydrogen-bond donors (Lipinski definition) is 1. The summed E-state index contributed by atoms with van der Waals surface area (Å²) in [7, 11) is 0. The van der Waals surface area contributed by atoms with E-state index in [1.165, 1.54) is 12.1 Å². The summed E-state index contributed by atoms with van der Waals surface area (Å²) in [6.07, 6.45) is -4.44. The summed E-state index contributed by atoms with van der Waals surface area (Å²) < 4.78 is 50.5. The minimum absolute atomic E-state index is 0.119. The zero-order valence-electron chi connectivity index (χ0n) is 12.5. The first kappa shape index (κ1) is 17.0. The van der Waals surface area contributed by atoms with Crippen molar-refractivity contribution in [3.05, 3.63) is 71.0 Å². The first-order valence-corrected chi connectivity index (χ1v) is 6.85. The minimum atomic E-state index is -4.44. The Labute approximate surface area is 131 Å². The molecule has 0 spiro atoms. The largest absolute Gasteiger partial charge is 0.416 e. The number of nitrogens with one attached hydrogen (secondary N) is 1. The molecule has 0 atom stereocenters. The van der Waals surface area contributed by atoms with Crippen LogP contribution in [0, 0.1) is 5.82 Å². The fourth-order valence-electron chi connectivity index (χ4n) is 2.11. The number of carbonyl (C=O) groups excluding carboxylic acids is 1. The third-order valence-electron chi connectivity index (χ3n) is 3.47. The van der Waals surface area contributed by atoms with E-state index >= 15 is 0 Å². The molecule has 0 aliphatic rings. The Hall–Kier alpha value is -2.37. The third kappa shape index (κ3) is 4.09. The SMILES string of the molecule is CC(C)(NC(=O)c1ccc(C(F)(F)F)cc1)c1ccc(F)cc1. The molecule has 2 rings (SSSR count). The second-order valence-corrected chi connectivity index (χ2v) is 5.66. The van der Waals surface area contributed by atoms with Crippen molar-refractivity contribution < 1.29 is 22.4 Å². The topological polar surface area (TPSA) is 29.1 Å². The van der Waals surface area contributed by atoms with Crippen molar-refractivity contribution >= 4 is 5.91 Å². The average molecular weight is 325 g/mol. The van der Waals surface area contributed by atoms with Crippen LogP contribution in [0.2, 0.25) is 0 Å². The van der Waals surface area contributed by atoms with Crippen LogP contribution < -0.4 is 5.32 Å². The lowest BCUT2D eigenvalue weighted by Crippen LogP contribution is -2.41. The van der Waals surface area contributed by atoms with Crippen LogP contribution in [0.3, 0.4) is 0 Å². The van der Waals surface area contributed by atoms with Crippen LogP contribution in [0.1, 0.15) is 35.3 Å². The summed E-state index contributed by atoms with van der Waals surface area (Å²) in [4.78, 5) is 12.2. The van der Waals surface area contributed by atoms with E-state index < -0.39 is 29.0 Å². The predicted octanol–water partition coefficient (Wildman–Crippen LogP) is 4.51. The standard InChI is InChI=1S/C17H15F4NO/c1-16(2,12-7-9-14(18)10-8-12)22-15(23)11-3-5-13(6-4-11)17(19,20)21/h3-10H,1-2H3,(H,22,23). The summed E-state index contributed by atoms with van der Waals surface area (Å²) in [5.41, 5.74) is -0.813. The summed E-state index contributed by atoms with van der Waals surface area (Å²) >= 11 is 0. The zero-order valence-corrected chi connectivity index (χ0v) is 12.5. The lowest BCUT2D eigenvalue weighted by molar-refractivity contribution is -0.137. The molecule has 122 valence electrons. The van der Waals surface area contributed by atoms with Gasteiger partial charge in [0.15, 0.2) is 0 Å². The van der Waals surface area contributed by atoms with E-state index in [1.807, 2.05) is 0 Å². The van der Waals surface area contributed by atoms with Gasteiger partial charge in [-0.3, -0.25) is 4.79 Å². The molecular formula is C17H15F4NO. The molecule has 2 nitrogen and oxygen atoms in total. The molecular weight excluding hydrogens is 310 g/mol. The second kappa shape index (κ2) is 6.02. The Morgan fingerprint density at radius 3 is 1.83 bits per heavy atom. The van der Waals surface area contributed by atoms with Crippen LogP contribution in [-0.4, -0.2) is 5.91 Å². The lowest BCUT2D eigenvalue weighted by Gasteiger charge is -2.27. The molecule has 0 heterocycles. The summed E-state index contributed by atoms with van der Waals surface area (Å²) in [5, 5.41) is 2.72. The maximum atomic E-state index is 13.0. The molecule has 1 N–H and O–H groups in total. The van der Waals surface area contributed by atoms with Crippen molar-refractivity contribution in [2.75, 3.05) is 0 Å². The zero-order chi connectivity index (χ0) is 17.3. The number of benzene rings is 2. The first-order chi connectivity index (χ1) is 10.6. The van der Waals surface area contributed by atoms with Crippen molar-refractivity contribution in [2.24, 2.45) is 0 Å². The van der Waals surface area contributed by atoms with Crippen LogP contribution in [-0.2, 0) is 11.7 Å². The van der Waals surface area contributed by atoms with Crippen molar-refractivity contribution in [3.63, 3.8) is 0 Å². The number of halogens is 4. The molecule has 6 heteroatoms. The lowest BCUT2D eigenvalue weighted by atomic mass is 9.93. The van der Waals surface area contributed by atoms with Gasteiger partial charge in [0, 0.05) is 5.56 Å². The number of rotatable bonds is 3. The molecule has 23 heavy (non-hydrogen) atoms. The van der Waals surface area contributed by atoms with Crippen LogP contribution in [0.25, 0.3) is 0 Å².